The fraction of sp³-hybridized carbons (Fsp3) is 0.308. The zero-order chi connectivity index (χ0) is 36.3. The number of hydrogen-bond donors (Lipinski definition) is 0. The molecule has 0 bridgehead atoms. The van der Waals surface area contributed by atoms with E-state index < -0.39 is 0 Å². The molecule has 0 spiro atoms. The standard InChI is InChI=1S/C52H49NS2/c1-3-11-34(12-4-1)37-21-22-39-32-42(29-25-38(39)31-37)53(41-27-23-35(24-28-41)40-26-30-45-44-15-7-8-20-49(44)54-50(45)33-40)48-19-10-18-47-46-17-9-16-43(51(46)55-52(47)48)36-13-5-2-6-14-36/h1,3-5,7-8,11,13-16,18,20-23,25-30,33-35,37,42,45,50H,2,6,9-10,12,17,19,24,31-32H2. The van der Waals surface area contributed by atoms with Crippen molar-refractivity contribution in [3.8, 4) is 0 Å². The van der Waals surface area contributed by atoms with E-state index in [1.807, 2.05) is 11.8 Å². The van der Waals surface area contributed by atoms with Gasteiger partial charge < -0.3 is 4.90 Å². The summed E-state index contributed by atoms with van der Waals surface area (Å²) in [5.74, 6) is 2.13. The molecule has 1 nitrogen and oxygen atoms in total. The second-order valence-electron chi connectivity index (χ2n) is 16.6. The Morgan fingerprint density at radius 3 is 2.51 bits per heavy atom. The van der Waals surface area contributed by atoms with Crippen LogP contribution in [-0.2, 0) is 6.42 Å². The van der Waals surface area contributed by atoms with E-state index in [1.54, 1.807) is 16.7 Å². The third-order valence-corrected chi connectivity index (χ3v) is 16.1. The first kappa shape index (κ1) is 34.0. The summed E-state index contributed by atoms with van der Waals surface area (Å²) in [5.41, 5.74) is 13.5. The van der Waals surface area contributed by atoms with Crippen molar-refractivity contribution in [2.75, 3.05) is 0 Å². The minimum absolute atomic E-state index is 0.298. The van der Waals surface area contributed by atoms with Gasteiger partial charge in [-0.05, 0) is 132 Å². The van der Waals surface area contributed by atoms with E-state index >= 15 is 0 Å². The molecular weight excluding hydrogens is 703 g/mol. The highest BCUT2D eigenvalue weighted by Crippen LogP contribution is 2.50. The summed E-state index contributed by atoms with van der Waals surface area (Å²) in [6.45, 7) is 0. The summed E-state index contributed by atoms with van der Waals surface area (Å²) < 4.78 is 1.52. The molecule has 0 amide bonds. The third kappa shape index (κ3) is 6.14. The monoisotopic (exact) mass is 751 g/mol. The Bertz CT molecular complexity index is 2460. The predicted molar refractivity (Wildman–Crippen MR) is 235 cm³/mol. The molecule has 1 aliphatic heterocycles. The van der Waals surface area contributed by atoms with Crippen LogP contribution in [0.25, 0.3) is 17.3 Å². The molecule has 11 rings (SSSR count). The average molecular weight is 752 g/mol. The first-order chi connectivity index (χ1) is 27.2. The van der Waals surface area contributed by atoms with Gasteiger partial charge in [-0.2, -0.15) is 0 Å². The fourth-order valence-corrected chi connectivity index (χ4v) is 13.5. The van der Waals surface area contributed by atoms with Crippen molar-refractivity contribution in [1.82, 2.24) is 4.90 Å². The molecule has 2 heterocycles. The second-order valence-corrected chi connectivity index (χ2v) is 18.9. The van der Waals surface area contributed by atoms with Gasteiger partial charge in [0.1, 0.15) is 0 Å². The summed E-state index contributed by atoms with van der Waals surface area (Å²) in [6, 6.07) is 9.30. The molecule has 8 aliphatic carbocycles. The first-order valence-corrected chi connectivity index (χ1v) is 22.6. The van der Waals surface area contributed by atoms with Crippen molar-refractivity contribution in [2.45, 2.75) is 86.3 Å². The van der Waals surface area contributed by atoms with Crippen LogP contribution in [0, 0.1) is 17.8 Å². The molecule has 0 fully saturated rings. The zero-order valence-corrected chi connectivity index (χ0v) is 33.2. The van der Waals surface area contributed by atoms with E-state index in [0.717, 1.165) is 64.2 Å². The number of nitrogens with zero attached hydrogens (tertiary/aromatic N) is 1. The summed E-state index contributed by atoms with van der Waals surface area (Å²) in [5, 5.41) is 2.04. The second kappa shape index (κ2) is 14.3. The quantitative estimate of drug-likeness (QED) is 0.289. The van der Waals surface area contributed by atoms with Gasteiger partial charge in [0, 0.05) is 38.3 Å². The SMILES string of the molecule is C1=CCC(C2C=CC3=C(C=CC(N(C4=CCC(C5=CC6Sc7ccccc7C6C=C5)C=C4)C4=c5sc6c(c5=CCC4)CCC=C6C4=CCCC=C4)C3)C2)C=C1. The minimum atomic E-state index is 0.298. The number of hydrogen-bond acceptors (Lipinski definition) is 3. The van der Waals surface area contributed by atoms with Gasteiger partial charge in [-0.15, -0.1) is 23.1 Å². The normalized spacial score (nSPS) is 29.7. The van der Waals surface area contributed by atoms with E-state index in [1.165, 1.54) is 53.2 Å². The van der Waals surface area contributed by atoms with Crippen molar-refractivity contribution in [3.05, 3.63) is 187 Å². The molecule has 1 aromatic carbocycles. The molecule has 1 aromatic heterocycles. The lowest BCUT2D eigenvalue weighted by atomic mass is 9.76. The van der Waals surface area contributed by atoms with Gasteiger partial charge >= 0.3 is 0 Å². The van der Waals surface area contributed by atoms with Gasteiger partial charge in [0.25, 0.3) is 0 Å². The topological polar surface area (TPSA) is 3.24 Å². The largest absolute Gasteiger partial charge is 0.337 e. The van der Waals surface area contributed by atoms with Crippen molar-refractivity contribution in [2.24, 2.45) is 17.8 Å². The van der Waals surface area contributed by atoms with Crippen LogP contribution >= 0.6 is 23.1 Å². The van der Waals surface area contributed by atoms with Crippen LogP contribution in [0.5, 0.6) is 0 Å². The summed E-state index contributed by atoms with van der Waals surface area (Å²) in [7, 11) is 0. The highest BCUT2D eigenvalue weighted by Gasteiger charge is 2.35. The average Bonchev–Trinajstić information content (AvgIpc) is 3.83. The Labute approximate surface area is 335 Å². The molecule has 6 atom stereocenters. The minimum Gasteiger partial charge on any atom is -0.337 e. The lowest BCUT2D eigenvalue weighted by molar-refractivity contribution is 0.395. The van der Waals surface area contributed by atoms with E-state index in [0.29, 0.717) is 35.0 Å². The number of thioether (sulfide) groups is 1. The lowest BCUT2D eigenvalue weighted by Gasteiger charge is -2.39. The number of allylic oxidation sites excluding steroid dienone is 20. The molecule has 3 heteroatoms. The molecular formula is C52H49NS2. The molecule has 9 aliphatic rings. The van der Waals surface area contributed by atoms with E-state index in [4.69, 9.17) is 0 Å². The lowest BCUT2D eigenvalue weighted by Crippen LogP contribution is -2.40. The zero-order valence-electron chi connectivity index (χ0n) is 31.6. The van der Waals surface area contributed by atoms with Gasteiger partial charge in [-0.25, -0.2) is 0 Å². The first-order valence-electron chi connectivity index (χ1n) is 20.9. The maximum atomic E-state index is 2.79. The molecule has 2 aromatic rings. The smallest absolute Gasteiger partial charge is 0.0563 e. The Hall–Kier alpha value is -4.31. The maximum absolute atomic E-state index is 2.79. The van der Waals surface area contributed by atoms with Gasteiger partial charge in [-0.3, -0.25) is 0 Å². The van der Waals surface area contributed by atoms with Gasteiger partial charge in [-0.1, -0.05) is 128 Å². The third-order valence-electron chi connectivity index (χ3n) is 13.4. The van der Waals surface area contributed by atoms with Crippen molar-refractivity contribution in [3.63, 3.8) is 0 Å². The van der Waals surface area contributed by atoms with Crippen LogP contribution in [0.15, 0.2) is 167 Å². The molecule has 0 N–H and O–H groups in total. The number of benzene rings is 1. The van der Waals surface area contributed by atoms with E-state index in [9.17, 15) is 0 Å². The molecule has 0 radical (unpaired) electrons. The highest BCUT2D eigenvalue weighted by atomic mass is 32.2. The van der Waals surface area contributed by atoms with Crippen LogP contribution in [0.2, 0.25) is 0 Å². The van der Waals surface area contributed by atoms with Gasteiger partial charge in [0.15, 0.2) is 0 Å². The predicted octanol–water partition coefficient (Wildman–Crippen LogP) is 11.9. The van der Waals surface area contributed by atoms with Gasteiger partial charge in [0.2, 0.25) is 0 Å². The number of fused-ring (bicyclic) bond motifs is 6. The summed E-state index contributed by atoms with van der Waals surface area (Å²) in [4.78, 5) is 5.77. The number of thiophene rings is 1. The Morgan fingerprint density at radius 1 is 0.691 bits per heavy atom. The Balaban J connectivity index is 0.935. The highest BCUT2D eigenvalue weighted by molar-refractivity contribution is 8.00. The summed E-state index contributed by atoms with van der Waals surface area (Å²) >= 11 is 4.13. The molecule has 0 saturated carbocycles. The van der Waals surface area contributed by atoms with E-state index in [-0.39, 0.29) is 0 Å². The molecule has 6 unspecified atom stereocenters. The fourth-order valence-electron chi connectivity index (χ4n) is 10.6. The van der Waals surface area contributed by atoms with E-state index in [2.05, 4.69) is 156 Å². The Morgan fingerprint density at radius 2 is 1.62 bits per heavy atom. The van der Waals surface area contributed by atoms with Crippen LogP contribution in [-0.4, -0.2) is 16.2 Å². The van der Waals surface area contributed by atoms with Crippen LogP contribution < -0.4 is 9.75 Å². The summed E-state index contributed by atoms with van der Waals surface area (Å²) in [6.07, 6.45) is 57.9. The molecule has 55 heavy (non-hydrogen) atoms. The van der Waals surface area contributed by atoms with Crippen molar-refractivity contribution in [1.29, 1.82) is 0 Å². The van der Waals surface area contributed by atoms with Crippen LogP contribution in [0.3, 0.4) is 0 Å². The van der Waals surface area contributed by atoms with Gasteiger partial charge in [0.05, 0.1) is 10.6 Å². The number of rotatable bonds is 6. The Kier molecular flexibility index (Phi) is 8.85. The van der Waals surface area contributed by atoms with Crippen molar-refractivity contribution < 1.29 is 0 Å². The maximum Gasteiger partial charge on any atom is 0.0563 e. The molecule has 0 saturated heterocycles. The van der Waals surface area contributed by atoms with Crippen LogP contribution in [0.4, 0.5) is 0 Å². The molecule has 274 valence electrons. The van der Waals surface area contributed by atoms with Crippen molar-refractivity contribution >= 4 is 40.4 Å². The van der Waals surface area contributed by atoms with Crippen LogP contribution in [0.1, 0.15) is 79.7 Å².